The Kier molecular flexibility index (Phi) is 4.85. The maximum atomic E-state index is 11.7. The van der Waals surface area contributed by atoms with Crippen molar-refractivity contribution in [2.45, 2.75) is 13.2 Å². The van der Waals surface area contributed by atoms with Crippen molar-refractivity contribution in [3.05, 3.63) is 59.6 Å². The second-order valence-corrected chi connectivity index (χ2v) is 4.61. The van der Waals surface area contributed by atoms with Crippen LogP contribution in [0.1, 0.15) is 6.92 Å². The van der Waals surface area contributed by atoms with Crippen molar-refractivity contribution in [1.29, 1.82) is 0 Å². The molecule has 2 N–H and O–H groups in total. The van der Waals surface area contributed by atoms with Gasteiger partial charge in [-0.25, -0.2) is 4.79 Å². The molecule has 2 aromatic carbocycles. The zero-order valence-electron chi connectivity index (χ0n) is 11.0. The first-order valence-electron chi connectivity index (χ1n) is 6.18. The molecule has 2 aromatic rings. The molecule has 0 aromatic heterocycles. The lowest BCUT2D eigenvalue weighted by atomic mass is 10.3. The van der Waals surface area contributed by atoms with Crippen molar-refractivity contribution >= 4 is 23.3 Å². The van der Waals surface area contributed by atoms with E-state index in [2.05, 4.69) is 10.6 Å². The number of carbonyl (C=O) groups is 1. The molecule has 0 saturated heterocycles. The largest absolute Gasteiger partial charge is 0.471 e. The number of rotatable bonds is 4. The Hall–Kier alpha value is -2.20. The summed E-state index contributed by atoms with van der Waals surface area (Å²) in [4.78, 5) is 11.7. The molecule has 0 heterocycles. The highest BCUT2D eigenvalue weighted by Gasteiger charge is 2.08. The summed E-state index contributed by atoms with van der Waals surface area (Å²) in [6, 6.07) is 15.8. The normalized spacial score (nSPS) is 11.5. The topological polar surface area (TPSA) is 50.4 Å². The molecule has 1 atom stereocenters. The van der Waals surface area contributed by atoms with Gasteiger partial charge in [0.25, 0.3) is 0 Å². The first kappa shape index (κ1) is 14.2. The zero-order valence-corrected chi connectivity index (χ0v) is 11.7. The maximum absolute atomic E-state index is 11.7. The summed E-state index contributed by atoms with van der Waals surface area (Å²) in [6.07, 6.45) is -0.458. The first-order chi connectivity index (χ1) is 9.63. The quantitative estimate of drug-likeness (QED) is 0.839. The van der Waals surface area contributed by atoms with Crippen molar-refractivity contribution < 1.29 is 9.53 Å². The van der Waals surface area contributed by atoms with Crippen LogP contribution in [0.4, 0.5) is 10.5 Å². The van der Waals surface area contributed by atoms with E-state index in [4.69, 9.17) is 16.3 Å². The van der Waals surface area contributed by atoms with Gasteiger partial charge in [-0.2, -0.15) is 0 Å². The molecule has 0 aliphatic carbocycles. The highest BCUT2D eigenvalue weighted by Crippen LogP contribution is 2.16. The van der Waals surface area contributed by atoms with Crippen LogP contribution in [0.5, 0.6) is 5.75 Å². The van der Waals surface area contributed by atoms with Crippen LogP contribution < -0.4 is 15.4 Å². The second kappa shape index (κ2) is 6.82. The van der Waals surface area contributed by atoms with Crippen molar-refractivity contribution in [2.75, 3.05) is 5.32 Å². The minimum absolute atomic E-state index is 0.322. The molecular formula is C15H15ClN2O2. The molecule has 0 bridgehead atoms. The van der Waals surface area contributed by atoms with Crippen LogP contribution in [0.3, 0.4) is 0 Å². The van der Waals surface area contributed by atoms with Crippen LogP contribution >= 0.6 is 11.6 Å². The van der Waals surface area contributed by atoms with E-state index in [0.29, 0.717) is 10.8 Å². The molecule has 0 saturated carbocycles. The Morgan fingerprint density at radius 2 is 1.75 bits per heavy atom. The number of anilines is 1. The number of amides is 2. The van der Waals surface area contributed by atoms with E-state index >= 15 is 0 Å². The number of para-hydroxylation sites is 1. The van der Waals surface area contributed by atoms with E-state index in [1.165, 1.54) is 0 Å². The summed E-state index contributed by atoms with van der Waals surface area (Å²) in [5, 5.41) is 6.04. The van der Waals surface area contributed by atoms with Gasteiger partial charge in [-0.05, 0) is 43.3 Å². The molecule has 0 spiro atoms. The van der Waals surface area contributed by atoms with Crippen LogP contribution in [0.2, 0.25) is 5.02 Å². The van der Waals surface area contributed by atoms with Gasteiger partial charge in [0.2, 0.25) is 0 Å². The summed E-state index contributed by atoms with van der Waals surface area (Å²) in [5.41, 5.74) is 0.726. The van der Waals surface area contributed by atoms with E-state index in [1.54, 1.807) is 31.2 Å². The number of hydrogen-bond acceptors (Lipinski definition) is 2. The Morgan fingerprint density at radius 3 is 2.40 bits per heavy atom. The van der Waals surface area contributed by atoms with Gasteiger partial charge in [-0.1, -0.05) is 29.8 Å². The zero-order chi connectivity index (χ0) is 14.4. The van der Waals surface area contributed by atoms with E-state index in [0.717, 1.165) is 5.69 Å². The van der Waals surface area contributed by atoms with E-state index in [-0.39, 0.29) is 6.03 Å². The van der Waals surface area contributed by atoms with Crippen LogP contribution in [-0.4, -0.2) is 12.3 Å². The fourth-order valence-electron chi connectivity index (χ4n) is 1.62. The van der Waals surface area contributed by atoms with E-state index < -0.39 is 6.23 Å². The number of hydrogen-bond donors (Lipinski definition) is 2. The molecule has 4 nitrogen and oxygen atoms in total. The highest BCUT2D eigenvalue weighted by molar-refractivity contribution is 6.30. The molecule has 1 unspecified atom stereocenters. The van der Waals surface area contributed by atoms with Gasteiger partial charge in [-0.15, -0.1) is 0 Å². The Bertz CT molecular complexity index is 558. The van der Waals surface area contributed by atoms with Crippen LogP contribution in [0.25, 0.3) is 0 Å². The number of ether oxygens (including phenoxy) is 1. The van der Waals surface area contributed by atoms with Crippen molar-refractivity contribution in [1.82, 2.24) is 5.32 Å². The van der Waals surface area contributed by atoms with Gasteiger partial charge in [-0.3, -0.25) is 0 Å². The van der Waals surface area contributed by atoms with Gasteiger partial charge in [0.05, 0.1) is 0 Å². The molecule has 0 aliphatic heterocycles. The maximum Gasteiger partial charge on any atom is 0.322 e. The number of nitrogens with one attached hydrogen (secondary N) is 2. The Morgan fingerprint density at radius 1 is 1.10 bits per heavy atom. The molecule has 2 rings (SSSR count). The predicted molar refractivity (Wildman–Crippen MR) is 80.1 cm³/mol. The smallest absolute Gasteiger partial charge is 0.322 e. The molecule has 20 heavy (non-hydrogen) atoms. The van der Waals surface area contributed by atoms with Crippen molar-refractivity contribution in [3.8, 4) is 5.75 Å². The molecular weight excluding hydrogens is 276 g/mol. The minimum atomic E-state index is -0.458. The summed E-state index contributed by atoms with van der Waals surface area (Å²) >= 11 is 5.79. The van der Waals surface area contributed by atoms with Gasteiger partial charge in [0.15, 0.2) is 6.23 Å². The fourth-order valence-corrected chi connectivity index (χ4v) is 1.75. The number of halogens is 1. The third-order valence-corrected chi connectivity index (χ3v) is 2.74. The molecule has 104 valence electrons. The van der Waals surface area contributed by atoms with Crippen LogP contribution in [-0.2, 0) is 0 Å². The van der Waals surface area contributed by atoms with Crippen LogP contribution in [0, 0.1) is 0 Å². The summed E-state index contributed by atoms with van der Waals surface area (Å²) in [6.45, 7) is 1.75. The third-order valence-electron chi connectivity index (χ3n) is 2.49. The molecule has 2 amide bonds. The molecule has 5 heteroatoms. The number of urea groups is 1. The monoisotopic (exact) mass is 290 g/mol. The van der Waals surface area contributed by atoms with Crippen LogP contribution in [0.15, 0.2) is 54.6 Å². The van der Waals surface area contributed by atoms with Gasteiger partial charge in [0.1, 0.15) is 5.75 Å². The third kappa shape index (κ3) is 4.48. The molecule has 0 aliphatic rings. The van der Waals surface area contributed by atoms with E-state index in [9.17, 15) is 4.79 Å². The minimum Gasteiger partial charge on any atom is -0.471 e. The highest BCUT2D eigenvalue weighted by atomic mass is 35.5. The standard InChI is InChI=1S/C15H15ClN2O2/c1-11(20-14-9-7-12(16)8-10-14)17-15(19)18-13-5-3-2-4-6-13/h2-11H,1H3,(H2,17,18,19). The first-order valence-corrected chi connectivity index (χ1v) is 6.56. The van der Waals surface area contributed by atoms with Gasteiger partial charge in [0, 0.05) is 10.7 Å². The molecule has 0 fully saturated rings. The summed E-state index contributed by atoms with van der Waals surface area (Å²) in [5.74, 6) is 0.641. The Labute approximate surface area is 122 Å². The lowest BCUT2D eigenvalue weighted by Gasteiger charge is -2.16. The average molecular weight is 291 g/mol. The van der Waals surface area contributed by atoms with Crippen molar-refractivity contribution in [2.24, 2.45) is 0 Å². The van der Waals surface area contributed by atoms with E-state index in [1.807, 2.05) is 30.3 Å². The number of carbonyl (C=O) groups excluding carboxylic acids is 1. The second-order valence-electron chi connectivity index (χ2n) is 4.18. The summed E-state index contributed by atoms with van der Waals surface area (Å²) < 4.78 is 5.55. The SMILES string of the molecule is CC(NC(=O)Nc1ccccc1)Oc1ccc(Cl)cc1. The lowest BCUT2D eigenvalue weighted by Crippen LogP contribution is -2.39. The Balaban J connectivity index is 1.83. The fraction of sp³-hybridized carbons (Fsp3) is 0.133. The van der Waals surface area contributed by atoms with Gasteiger partial charge < -0.3 is 15.4 Å². The van der Waals surface area contributed by atoms with Crippen molar-refractivity contribution in [3.63, 3.8) is 0 Å². The molecule has 0 radical (unpaired) electrons. The lowest BCUT2D eigenvalue weighted by molar-refractivity contribution is 0.183. The average Bonchev–Trinajstić information content (AvgIpc) is 2.42. The predicted octanol–water partition coefficient (Wildman–Crippen LogP) is 3.89. The summed E-state index contributed by atoms with van der Waals surface area (Å²) in [7, 11) is 0. The number of benzene rings is 2. The van der Waals surface area contributed by atoms with Gasteiger partial charge >= 0.3 is 6.03 Å².